The maximum absolute atomic E-state index is 13.3. The minimum absolute atomic E-state index is 0.0124. The molecule has 0 bridgehead atoms. The highest BCUT2D eigenvalue weighted by molar-refractivity contribution is 5.78. The molecule has 2 aromatic rings. The van der Waals surface area contributed by atoms with Crippen LogP contribution in [0, 0.1) is 5.82 Å². The third kappa shape index (κ3) is 1.78. The molecule has 0 saturated heterocycles. The molecule has 5 heteroatoms. The number of nitrogens with one attached hydrogen (secondary N) is 1. The molecule has 1 N–H and O–H groups in total. The van der Waals surface area contributed by atoms with Crippen LogP contribution in [-0.4, -0.2) is 13.5 Å². The van der Waals surface area contributed by atoms with E-state index in [0.29, 0.717) is 5.39 Å². The molecule has 1 atom stereocenters. The van der Waals surface area contributed by atoms with Gasteiger partial charge in [-0.25, -0.2) is 13.2 Å². The Kier molecular flexibility index (Phi) is 2.87. The average Bonchev–Trinajstić information content (AvgIpc) is 2.63. The first-order chi connectivity index (χ1) is 7.63. The highest BCUT2D eigenvalue weighted by Gasteiger charge is 2.24. The summed E-state index contributed by atoms with van der Waals surface area (Å²) in [6, 6.07) is 4.56. The van der Waals surface area contributed by atoms with Gasteiger partial charge in [-0.15, -0.1) is 0 Å². The number of alkyl halides is 2. The van der Waals surface area contributed by atoms with Crippen LogP contribution in [0.5, 0.6) is 0 Å². The molecule has 1 unspecified atom stereocenters. The number of para-hydroxylation sites is 1. The zero-order chi connectivity index (χ0) is 11.7. The second-order valence-electron chi connectivity index (χ2n) is 3.41. The van der Waals surface area contributed by atoms with E-state index in [1.165, 1.54) is 25.2 Å². The van der Waals surface area contributed by atoms with E-state index in [4.69, 9.17) is 4.42 Å². The van der Waals surface area contributed by atoms with Crippen LogP contribution in [0.2, 0.25) is 0 Å². The Bertz CT molecular complexity index is 495. The summed E-state index contributed by atoms with van der Waals surface area (Å²) in [7, 11) is 1.40. The number of fused-ring (bicyclic) bond motifs is 1. The van der Waals surface area contributed by atoms with Crippen molar-refractivity contribution in [2.75, 3.05) is 7.05 Å². The van der Waals surface area contributed by atoms with Gasteiger partial charge in [0.05, 0.1) is 0 Å². The van der Waals surface area contributed by atoms with Gasteiger partial charge in [-0.05, 0) is 19.2 Å². The van der Waals surface area contributed by atoms with Gasteiger partial charge in [0.2, 0.25) is 0 Å². The maximum atomic E-state index is 13.3. The number of benzene rings is 1. The lowest BCUT2D eigenvalue weighted by atomic mass is 10.2. The molecule has 0 radical (unpaired) electrons. The fourth-order valence-corrected chi connectivity index (χ4v) is 1.59. The molecule has 0 saturated carbocycles. The molecule has 1 heterocycles. The third-order valence-corrected chi connectivity index (χ3v) is 2.38. The molecule has 2 nitrogen and oxygen atoms in total. The Hall–Kier alpha value is -1.49. The summed E-state index contributed by atoms with van der Waals surface area (Å²) in [5, 5.41) is 2.91. The second kappa shape index (κ2) is 4.17. The molecule has 0 amide bonds. The Morgan fingerprint density at radius 3 is 2.62 bits per heavy atom. The van der Waals surface area contributed by atoms with E-state index in [-0.39, 0.29) is 11.3 Å². The number of hydrogen-bond donors (Lipinski definition) is 1. The lowest BCUT2D eigenvalue weighted by Crippen LogP contribution is -2.22. The van der Waals surface area contributed by atoms with E-state index < -0.39 is 18.3 Å². The van der Waals surface area contributed by atoms with Gasteiger partial charge in [-0.3, -0.25) is 0 Å². The normalized spacial score (nSPS) is 13.6. The fraction of sp³-hybridized carbons (Fsp3) is 0.273. The van der Waals surface area contributed by atoms with Gasteiger partial charge in [0.1, 0.15) is 11.8 Å². The van der Waals surface area contributed by atoms with Crippen molar-refractivity contribution in [1.29, 1.82) is 0 Å². The van der Waals surface area contributed by atoms with Crippen molar-refractivity contribution in [2.24, 2.45) is 0 Å². The predicted octanol–water partition coefficient (Wildman–Crippen LogP) is 3.10. The summed E-state index contributed by atoms with van der Waals surface area (Å²) in [5.41, 5.74) is 0.0124. The van der Waals surface area contributed by atoms with Gasteiger partial charge in [0.25, 0.3) is 6.43 Å². The van der Waals surface area contributed by atoms with Gasteiger partial charge in [-0.2, -0.15) is 0 Å². The van der Waals surface area contributed by atoms with Crippen LogP contribution in [0.15, 0.2) is 28.7 Å². The first-order valence-corrected chi connectivity index (χ1v) is 4.77. The third-order valence-electron chi connectivity index (χ3n) is 2.38. The summed E-state index contributed by atoms with van der Waals surface area (Å²) >= 11 is 0. The van der Waals surface area contributed by atoms with Crippen LogP contribution in [0.1, 0.15) is 11.8 Å². The molecule has 0 fully saturated rings. The molecule has 1 aromatic heterocycles. The number of furan rings is 1. The van der Waals surface area contributed by atoms with Crippen molar-refractivity contribution in [3.05, 3.63) is 35.8 Å². The van der Waals surface area contributed by atoms with Crippen molar-refractivity contribution in [2.45, 2.75) is 12.5 Å². The molecule has 0 aliphatic rings. The number of rotatable bonds is 3. The first kappa shape index (κ1) is 11.0. The van der Waals surface area contributed by atoms with Crippen LogP contribution in [0.4, 0.5) is 13.2 Å². The molecule has 0 aliphatic heterocycles. The second-order valence-corrected chi connectivity index (χ2v) is 3.41. The summed E-state index contributed by atoms with van der Waals surface area (Å²) in [6.07, 6.45) is -2.60. The molecule has 16 heavy (non-hydrogen) atoms. The Morgan fingerprint density at radius 2 is 2.06 bits per heavy atom. The predicted molar refractivity (Wildman–Crippen MR) is 54.0 cm³/mol. The Morgan fingerprint density at radius 1 is 1.31 bits per heavy atom. The summed E-state index contributed by atoms with van der Waals surface area (Å²) < 4.78 is 43.6. The summed E-state index contributed by atoms with van der Waals surface area (Å²) in [4.78, 5) is 0. The lowest BCUT2D eigenvalue weighted by Gasteiger charge is -2.11. The number of hydrogen-bond acceptors (Lipinski definition) is 2. The van der Waals surface area contributed by atoms with Crippen molar-refractivity contribution < 1.29 is 17.6 Å². The van der Waals surface area contributed by atoms with E-state index in [0.717, 1.165) is 0 Å². The molecular formula is C11H10F3NO. The van der Waals surface area contributed by atoms with E-state index in [1.807, 2.05) is 0 Å². The molecular weight excluding hydrogens is 219 g/mol. The smallest absolute Gasteiger partial charge is 0.260 e. The number of halogens is 3. The van der Waals surface area contributed by atoms with Gasteiger partial charge in [0.15, 0.2) is 11.4 Å². The van der Waals surface area contributed by atoms with Crippen molar-refractivity contribution >= 4 is 11.0 Å². The van der Waals surface area contributed by atoms with Gasteiger partial charge in [0, 0.05) is 5.39 Å². The zero-order valence-electron chi connectivity index (χ0n) is 8.51. The van der Waals surface area contributed by atoms with Crippen LogP contribution in [-0.2, 0) is 0 Å². The zero-order valence-corrected chi connectivity index (χ0v) is 8.51. The Labute approximate surface area is 90.0 Å². The molecule has 86 valence electrons. The quantitative estimate of drug-likeness (QED) is 0.874. The highest BCUT2D eigenvalue weighted by Crippen LogP contribution is 2.28. The maximum Gasteiger partial charge on any atom is 0.260 e. The van der Waals surface area contributed by atoms with E-state index in [1.54, 1.807) is 6.07 Å². The monoisotopic (exact) mass is 229 g/mol. The van der Waals surface area contributed by atoms with E-state index >= 15 is 0 Å². The Balaban J connectivity index is 2.50. The van der Waals surface area contributed by atoms with E-state index in [9.17, 15) is 13.2 Å². The largest absolute Gasteiger partial charge is 0.456 e. The van der Waals surface area contributed by atoms with E-state index in [2.05, 4.69) is 5.32 Å². The minimum Gasteiger partial charge on any atom is -0.456 e. The van der Waals surface area contributed by atoms with Crippen molar-refractivity contribution in [3.8, 4) is 0 Å². The van der Waals surface area contributed by atoms with Crippen LogP contribution in [0.3, 0.4) is 0 Å². The van der Waals surface area contributed by atoms with Gasteiger partial charge in [-0.1, -0.05) is 12.1 Å². The van der Waals surface area contributed by atoms with Gasteiger partial charge < -0.3 is 9.73 Å². The lowest BCUT2D eigenvalue weighted by molar-refractivity contribution is 0.0927. The molecule has 2 rings (SSSR count). The molecule has 0 aliphatic carbocycles. The summed E-state index contributed by atoms with van der Waals surface area (Å²) in [5.74, 6) is -0.509. The first-order valence-electron chi connectivity index (χ1n) is 4.77. The van der Waals surface area contributed by atoms with Crippen molar-refractivity contribution in [3.63, 3.8) is 0 Å². The molecule has 1 aromatic carbocycles. The summed E-state index contributed by atoms with van der Waals surface area (Å²) in [6.45, 7) is 0. The highest BCUT2D eigenvalue weighted by atomic mass is 19.3. The van der Waals surface area contributed by atoms with Gasteiger partial charge >= 0.3 is 0 Å². The van der Waals surface area contributed by atoms with Crippen LogP contribution < -0.4 is 5.32 Å². The van der Waals surface area contributed by atoms with Crippen molar-refractivity contribution in [1.82, 2.24) is 5.32 Å². The standard InChI is InChI=1S/C11H10F3NO/c1-15-9(11(13)14)8-5-6-3-2-4-7(12)10(6)16-8/h2-5,9,11,15H,1H3. The minimum atomic E-state index is -2.60. The average molecular weight is 229 g/mol. The van der Waals surface area contributed by atoms with Crippen LogP contribution in [0.25, 0.3) is 11.0 Å². The van der Waals surface area contributed by atoms with Crippen LogP contribution >= 0.6 is 0 Å². The SMILES string of the molecule is CNC(c1cc2cccc(F)c2o1)C(F)F. The topological polar surface area (TPSA) is 25.2 Å². The fourth-order valence-electron chi connectivity index (χ4n) is 1.59. The molecule has 0 spiro atoms.